The topological polar surface area (TPSA) is 12.9 Å². The molecule has 0 saturated heterocycles. The SMILES string of the molecule is Brc1ccc(-c2cc(-c3ccccc3)nc(-c3cccc4ccccc34)c2)cc1. The maximum absolute atomic E-state index is 5.06. The van der Waals surface area contributed by atoms with Gasteiger partial charge in [-0.15, -0.1) is 0 Å². The molecule has 29 heavy (non-hydrogen) atoms. The van der Waals surface area contributed by atoms with E-state index in [4.69, 9.17) is 4.98 Å². The summed E-state index contributed by atoms with van der Waals surface area (Å²) in [6.45, 7) is 0. The van der Waals surface area contributed by atoms with Gasteiger partial charge in [-0.3, -0.25) is 0 Å². The van der Waals surface area contributed by atoms with Gasteiger partial charge in [-0.1, -0.05) is 101 Å². The summed E-state index contributed by atoms with van der Waals surface area (Å²) in [4.78, 5) is 5.06. The summed E-state index contributed by atoms with van der Waals surface area (Å²) >= 11 is 3.54. The van der Waals surface area contributed by atoms with Crippen molar-refractivity contribution in [1.29, 1.82) is 0 Å². The van der Waals surface area contributed by atoms with Crippen LogP contribution in [0.1, 0.15) is 0 Å². The number of benzene rings is 4. The summed E-state index contributed by atoms with van der Waals surface area (Å²) in [5, 5.41) is 2.44. The van der Waals surface area contributed by atoms with Crippen LogP contribution in [-0.2, 0) is 0 Å². The molecule has 138 valence electrons. The minimum Gasteiger partial charge on any atom is -0.248 e. The molecule has 4 aromatic carbocycles. The van der Waals surface area contributed by atoms with Crippen molar-refractivity contribution in [3.63, 3.8) is 0 Å². The van der Waals surface area contributed by atoms with Gasteiger partial charge in [0.25, 0.3) is 0 Å². The second-order valence-electron chi connectivity index (χ2n) is 7.03. The maximum atomic E-state index is 5.06. The lowest BCUT2D eigenvalue weighted by atomic mass is 9.97. The zero-order valence-electron chi connectivity index (χ0n) is 15.7. The monoisotopic (exact) mass is 435 g/mol. The van der Waals surface area contributed by atoms with Gasteiger partial charge in [-0.2, -0.15) is 0 Å². The molecular formula is C27H18BrN. The second kappa shape index (κ2) is 7.65. The molecule has 0 spiro atoms. The molecule has 0 aliphatic rings. The van der Waals surface area contributed by atoms with Crippen LogP contribution in [0, 0.1) is 0 Å². The molecule has 0 bridgehead atoms. The lowest BCUT2D eigenvalue weighted by Crippen LogP contribution is -1.92. The van der Waals surface area contributed by atoms with Crippen molar-refractivity contribution in [3.05, 3.63) is 114 Å². The summed E-state index contributed by atoms with van der Waals surface area (Å²) in [7, 11) is 0. The van der Waals surface area contributed by atoms with Crippen LogP contribution in [0.2, 0.25) is 0 Å². The molecule has 0 radical (unpaired) electrons. The van der Waals surface area contributed by atoms with Gasteiger partial charge in [-0.25, -0.2) is 4.98 Å². The first kappa shape index (κ1) is 17.8. The predicted octanol–water partition coefficient (Wildman–Crippen LogP) is 8.00. The number of aromatic nitrogens is 1. The van der Waals surface area contributed by atoms with E-state index in [1.165, 1.54) is 16.3 Å². The summed E-state index contributed by atoms with van der Waals surface area (Å²) in [6, 6.07) is 38.1. The molecule has 1 nitrogen and oxygen atoms in total. The van der Waals surface area contributed by atoms with Crippen molar-refractivity contribution >= 4 is 26.7 Å². The fourth-order valence-electron chi connectivity index (χ4n) is 3.68. The van der Waals surface area contributed by atoms with Gasteiger partial charge in [0, 0.05) is 15.6 Å². The third-order valence-electron chi connectivity index (χ3n) is 5.14. The second-order valence-corrected chi connectivity index (χ2v) is 7.94. The average molecular weight is 436 g/mol. The Morgan fingerprint density at radius 1 is 0.517 bits per heavy atom. The van der Waals surface area contributed by atoms with Crippen molar-refractivity contribution in [2.45, 2.75) is 0 Å². The maximum Gasteiger partial charge on any atom is 0.0721 e. The Morgan fingerprint density at radius 2 is 1.21 bits per heavy atom. The molecule has 0 atom stereocenters. The first-order chi connectivity index (χ1) is 14.3. The molecule has 0 unspecified atom stereocenters. The van der Waals surface area contributed by atoms with Crippen LogP contribution in [0.4, 0.5) is 0 Å². The molecule has 5 aromatic rings. The van der Waals surface area contributed by atoms with Crippen molar-refractivity contribution in [1.82, 2.24) is 4.98 Å². The molecule has 0 saturated carbocycles. The van der Waals surface area contributed by atoms with Crippen LogP contribution >= 0.6 is 15.9 Å². The molecule has 0 fully saturated rings. The molecule has 5 rings (SSSR count). The van der Waals surface area contributed by atoms with E-state index < -0.39 is 0 Å². The first-order valence-corrected chi connectivity index (χ1v) is 10.4. The quantitative estimate of drug-likeness (QED) is 0.279. The van der Waals surface area contributed by atoms with Gasteiger partial charge in [0.15, 0.2) is 0 Å². The Hall–Kier alpha value is -3.23. The van der Waals surface area contributed by atoms with Gasteiger partial charge in [0.05, 0.1) is 11.4 Å². The number of nitrogens with zero attached hydrogens (tertiary/aromatic N) is 1. The van der Waals surface area contributed by atoms with Gasteiger partial charge < -0.3 is 0 Å². The lowest BCUT2D eigenvalue weighted by molar-refractivity contribution is 1.33. The predicted molar refractivity (Wildman–Crippen MR) is 126 cm³/mol. The highest BCUT2D eigenvalue weighted by Crippen LogP contribution is 2.33. The van der Waals surface area contributed by atoms with Crippen LogP contribution in [-0.4, -0.2) is 4.98 Å². The number of fused-ring (bicyclic) bond motifs is 1. The normalized spacial score (nSPS) is 10.9. The third kappa shape index (κ3) is 3.59. The van der Waals surface area contributed by atoms with Crippen LogP contribution in [0.15, 0.2) is 114 Å². The van der Waals surface area contributed by atoms with Crippen LogP contribution < -0.4 is 0 Å². The Morgan fingerprint density at radius 3 is 2.03 bits per heavy atom. The minimum absolute atomic E-state index is 0.981. The first-order valence-electron chi connectivity index (χ1n) is 9.59. The van der Waals surface area contributed by atoms with Crippen molar-refractivity contribution < 1.29 is 0 Å². The van der Waals surface area contributed by atoms with E-state index in [-0.39, 0.29) is 0 Å². The van der Waals surface area contributed by atoms with Crippen LogP contribution in [0.3, 0.4) is 0 Å². The Labute approximate surface area is 178 Å². The molecule has 1 heterocycles. The van der Waals surface area contributed by atoms with Crippen molar-refractivity contribution in [2.75, 3.05) is 0 Å². The standard InChI is InChI=1S/C27H18BrN/c28-23-15-13-19(14-16-23)22-17-26(21-8-2-1-3-9-21)29-27(18-22)25-12-6-10-20-7-4-5-11-24(20)25/h1-18H. The van der Waals surface area contributed by atoms with E-state index >= 15 is 0 Å². The molecule has 0 N–H and O–H groups in total. The van der Waals surface area contributed by atoms with Crippen molar-refractivity contribution in [2.24, 2.45) is 0 Å². The lowest BCUT2D eigenvalue weighted by Gasteiger charge is -2.12. The molecule has 0 amide bonds. The fourth-order valence-corrected chi connectivity index (χ4v) is 3.95. The number of hydrogen-bond donors (Lipinski definition) is 0. The van der Waals surface area contributed by atoms with Crippen LogP contribution in [0.5, 0.6) is 0 Å². The summed E-state index contributed by atoms with van der Waals surface area (Å²) in [5.41, 5.74) is 6.57. The average Bonchev–Trinajstić information content (AvgIpc) is 2.79. The summed E-state index contributed by atoms with van der Waals surface area (Å²) in [6.07, 6.45) is 0. The Bertz CT molecular complexity index is 1290. The van der Waals surface area contributed by atoms with Gasteiger partial charge >= 0.3 is 0 Å². The molecule has 0 aliphatic heterocycles. The fraction of sp³-hybridized carbons (Fsp3) is 0. The Kier molecular flexibility index (Phi) is 4.71. The molecule has 2 heteroatoms. The summed E-state index contributed by atoms with van der Waals surface area (Å²) < 4.78 is 1.08. The molecular weight excluding hydrogens is 418 g/mol. The highest BCUT2D eigenvalue weighted by molar-refractivity contribution is 9.10. The van der Waals surface area contributed by atoms with E-state index in [9.17, 15) is 0 Å². The smallest absolute Gasteiger partial charge is 0.0721 e. The van der Waals surface area contributed by atoms with Crippen molar-refractivity contribution in [3.8, 4) is 33.6 Å². The van der Waals surface area contributed by atoms with Gasteiger partial charge in [0.2, 0.25) is 0 Å². The minimum atomic E-state index is 0.981. The zero-order valence-corrected chi connectivity index (χ0v) is 17.3. The number of pyridine rings is 1. The highest BCUT2D eigenvalue weighted by atomic mass is 79.9. The number of halogens is 1. The van der Waals surface area contributed by atoms with Crippen LogP contribution in [0.25, 0.3) is 44.4 Å². The third-order valence-corrected chi connectivity index (χ3v) is 5.67. The molecule has 1 aromatic heterocycles. The van der Waals surface area contributed by atoms with E-state index in [0.29, 0.717) is 0 Å². The highest BCUT2D eigenvalue weighted by Gasteiger charge is 2.11. The number of rotatable bonds is 3. The van der Waals surface area contributed by atoms with Gasteiger partial charge in [0.1, 0.15) is 0 Å². The molecule has 0 aliphatic carbocycles. The Balaban J connectivity index is 1.76. The van der Waals surface area contributed by atoms with E-state index in [2.05, 4.69) is 119 Å². The van der Waals surface area contributed by atoms with E-state index in [0.717, 1.165) is 32.6 Å². The van der Waals surface area contributed by atoms with E-state index in [1.807, 2.05) is 6.07 Å². The van der Waals surface area contributed by atoms with E-state index in [1.54, 1.807) is 0 Å². The summed E-state index contributed by atoms with van der Waals surface area (Å²) in [5.74, 6) is 0. The zero-order chi connectivity index (χ0) is 19.6. The van der Waals surface area contributed by atoms with Gasteiger partial charge in [-0.05, 0) is 46.2 Å². The largest absolute Gasteiger partial charge is 0.248 e. The number of hydrogen-bond acceptors (Lipinski definition) is 1.